The fraction of sp³-hybridized carbons (Fsp3) is 0.364. The summed E-state index contributed by atoms with van der Waals surface area (Å²) in [6.45, 7) is 3.93. The second kappa shape index (κ2) is 9.35. The molecule has 0 atom stereocenters. The Kier molecular flexibility index (Phi) is 6.54. The van der Waals surface area contributed by atoms with Crippen molar-refractivity contribution in [3.05, 3.63) is 59.7 Å². The first-order valence-corrected chi connectivity index (χ1v) is 11.8. The third kappa shape index (κ3) is 4.52. The zero-order valence-electron chi connectivity index (χ0n) is 17.7. The topological polar surface area (TPSA) is 90.7 Å². The average molecular weight is 462 g/mol. The Morgan fingerprint density at radius 1 is 1.16 bits per heavy atom. The minimum Gasteiger partial charge on any atom is -0.454 e. The molecule has 170 valence electrons. The van der Waals surface area contributed by atoms with Crippen LogP contribution in [0.1, 0.15) is 29.5 Å². The zero-order chi connectivity index (χ0) is 22.7. The van der Waals surface area contributed by atoms with Gasteiger partial charge < -0.3 is 14.0 Å². The average Bonchev–Trinajstić information content (AvgIpc) is 3.15. The molecule has 1 aliphatic rings. The van der Waals surface area contributed by atoms with Crippen molar-refractivity contribution in [3.8, 4) is 0 Å². The minimum absolute atomic E-state index is 0.0869. The number of rotatable bonds is 7. The summed E-state index contributed by atoms with van der Waals surface area (Å²) in [5.41, 5.74) is 1.52. The lowest BCUT2D eigenvalue weighted by Gasteiger charge is -2.26. The molecule has 2 aromatic carbocycles. The van der Waals surface area contributed by atoms with E-state index in [4.69, 9.17) is 9.47 Å². The number of sulfonamides is 1. The van der Waals surface area contributed by atoms with Crippen LogP contribution < -0.4 is 0 Å². The highest BCUT2D eigenvalue weighted by Crippen LogP contribution is 2.24. The van der Waals surface area contributed by atoms with E-state index < -0.39 is 21.8 Å². The molecule has 0 saturated carbocycles. The quantitative estimate of drug-likeness (QED) is 0.503. The van der Waals surface area contributed by atoms with Gasteiger partial charge in [0.15, 0.2) is 0 Å². The summed E-state index contributed by atoms with van der Waals surface area (Å²) in [6.07, 6.45) is 0.818. The largest absolute Gasteiger partial charge is 0.454 e. The summed E-state index contributed by atoms with van der Waals surface area (Å²) in [6, 6.07) is 9.97. The fourth-order valence-corrected chi connectivity index (χ4v) is 5.07. The van der Waals surface area contributed by atoms with E-state index in [2.05, 4.69) is 4.98 Å². The van der Waals surface area contributed by atoms with Gasteiger partial charge in [-0.2, -0.15) is 4.31 Å². The molecular formula is C22H24FN3O5S. The highest BCUT2D eigenvalue weighted by atomic mass is 32.2. The molecular weight excluding hydrogens is 437 g/mol. The van der Waals surface area contributed by atoms with E-state index in [-0.39, 0.29) is 17.1 Å². The predicted octanol–water partition coefficient (Wildman–Crippen LogP) is 2.96. The molecule has 8 nitrogen and oxygen atoms in total. The lowest BCUT2D eigenvalue weighted by atomic mass is 10.2. The van der Waals surface area contributed by atoms with Crippen LogP contribution in [0, 0.1) is 5.82 Å². The smallest absolute Gasteiger partial charge is 0.338 e. The van der Waals surface area contributed by atoms with Gasteiger partial charge in [0.1, 0.15) is 18.2 Å². The van der Waals surface area contributed by atoms with Gasteiger partial charge in [-0.15, -0.1) is 0 Å². The summed E-state index contributed by atoms with van der Waals surface area (Å²) < 4.78 is 53.0. The van der Waals surface area contributed by atoms with Crippen LogP contribution in [-0.2, 0) is 32.6 Å². The van der Waals surface area contributed by atoms with E-state index >= 15 is 0 Å². The second-order valence-corrected chi connectivity index (χ2v) is 9.37. The van der Waals surface area contributed by atoms with Crippen LogP contribution in [0.25, 0.3) is 11.0 Å². The fourth-order valence-electron chi connectivity index (χ4n) is 3.64. The van der Waals surface area contributed by atoms with E-state index in [9.17, 15) is 17.6 Å². The molecule has 1 fully saturated rings. The van der Waals surface area contributed by atoms with Crippen molar-refractivity contribution in [3.63, 3.8) is 0 Å². The Bertz CT molecular complexity index is 1220. The molecule has 1 saturated heterocycles. The monoisotopic (exact) mass is 461 g/mol. The minimum atomic E-state index is -3.65. The normalized spacial score (nSPS) is 15.2. The molecule has 3 aromatic rings. The van der Waals surface area contributed by atoms with Crippen molar-refractivity contribution in [2.45, 2.75) is 31.4 Å². The zero-order valence-corrected chi connectivity index (χ0v) is 18.5. The highest BCUT2D eigenvalue weighted by molar-refractivity contribution is 7.89. The summed E-state index contributed by atoms with van der Waals surface area (Å²) in [5.74, 6) is -0.511. The Hall–Kier alpha value is -2.82. The van der Waals surface area contributed by atoms with Gasteiger partial charge >= 0.3 is 5.97 Å². The first kappa shape index (κ1) is 22.4. The summed E-state index contributed by atoms with van der Waals surface area (Å²) in [7, 11) is -3.65. The van der Waals surface area contributed by atoms with Crippen molar-refractivity contribution in [1.82, 2.24) is 13.9 Å². The number of halogens is 1. The molecule has 0 spiro atoms. The molecule has 10 heteroatoms. The highest BCUT2D eigenvalue weighted by Gasteiger charge is 2.27. The van der Waals surface area contributed by atoms with Gasteiger partial charge in [-0.1, -0.05) is 6.92 Å². The van der Waals surface area contributed by atoms with Crippen molar-refractivity contribution < 1.29 is 27.1 Å². The molecule has 0 amide bonds. The molecule has 2 heterocycles. The number of carbonyl (C=O) groups excluding carboxylic acids is 1. The van der Waals surface area contributed by atoms with Crippen LogP contribution >= 0.6 is 0 Å². The molecule has 0 unspecified atom stereocenters. The summed E-state index contributed by atoms with van der Waals surface area (Å²) in [5, 5.41) is 0. The number of ether oxygens (including phenoxy) is 2. The van der Waals surface area contributed by atoms with Crippen molar-refractivity contribution in [2.24, 2.45) is 0 Å². The molecule has 1 aromatic heterocycles. The van der Waals surface area contributed by atoms with E-state index in [0.717, 1.165) is 11.9 Å². The van der Waals surface area contributed by atoms with Crippen molar-refractivity contribution in [2.75, 3.05) is 26.3 Å². The molecule has 0 bridgehead atoms. The van der Waals surface area contributed by atoms with Gasteiger partial charge in [0.25, 0.3) is 0 Å². The van der Waals surface area contributed by atoms with Crippen LogP contribution in [0.3, 0.4) is 0 Å². The van der Waals surface area contributed by atoms with Gasteiger partial charge in [-0.25, -0.2) is 22.6 Å². The lowest BCUT2D eigenvalue weighted by Crippen LogP contribution is -2.40. The number of hydrogen-bond donors (Lipinski definition) is 0. The SMILES string of the molecule is CCCn1c(COC(=O)c2ccc(F)cc2)nc2cc(S(=O)(=O)N3CCOCC3)ccc21. The van der Waals surface area contributed by atoms with Crippen LogP contribution in [0.15, 0.2) is 47.4 Å². The number of nitrogens with zero attached hydrogens (tertiary/aromatic N) is 3. The van der Waals surface area contributed by atoms with Crippen LogP contribution in [0.4, 0.5) is 4.39 Å². The number of morpholine rings is 1. The molecule has 0 radical (unpaired) electrons. The van der Waals surface area contributed by atoms with E-state index in [0.29, 0.717) is 44.2 Å². The third-order valence-electron chi connectivity index (χ3n) is 5.27. The van der Waals surface area contributed by atoms with Gasteiger partial charge in [0.05, 0.1) is 34.7 Å². The maximum absolute atomic E-state index is 13.1. The van der Waals surface area contributed by atoms with Crippen molar-refractivity contribution in [1.29, 1.82) is 0 Å². The van der Waals surface area contributed by atoms with Gasteiger partial charge in [-0.3, -0.25) is 0 Å². The standard InChI is InChI=1S/C22H24FN3O5S/c1-2-9-26-20-8-7-18(32(28,29)25-10-12-30-13-11-25)14-19(20)24-21(26)15-31-22(27)16-3-5-17(23)6-4-16/h3-8,14H,2,9-13,15H2,1H3. The van der Waals surface area contributed by atoms with Gasteiger partial charge in [-0.05, 0) is 48.9 Å². The molecule has 0 aliphatic carbocycles. The summed E-state index contributed by atoms with van der Waals surface area (Å²) >= 11 is 0. The van der Waals surface area contributed by atoms with Gasteiger partial charge in [0.2, 0.25) is 10.0 Å². The van der Waals surface area contributed by atoms with E-state index in [1.807, 2.05) is 11.5 Å². The van der Waals surface area contributed by atoms with E-state index in [1.165, 1.54) is 28.6 Å². The number of aromatic nitrogens is 2. The molecule has 0 N–H and O–H groups in total. The van der Waals surface area contributed by atoms with Crippen LogP contribution in [-0.4, -0.2) is 54.5 Å². The first-order chi connectivity index (χ1) is 15.4. The summed E-state index contributed by atoms with van der Waals surface area (Å²) in [4.78, 5) is 17.0. The second-order valence-electron chi connectivity index (χ2n) is 7.43. The number of hydrogen-bond acceptors (Lipinski definition) is 6. The molecule has 4 rings (SSSR count). The number of esters is 1. The Morgan fingerprint density at radius 3 is 2.56 bits per heavy atom. The number of imidazole rings is 1. The van der Waals surface area contributed by atoms with Gasteiger partial charge in [0, 0.05) is 19.6 Å². The number of carbonyl (C=O) groups is 1. The maximum atomic E-state index is 13.1. The number of benzene rings is 2. The predicted molar refractivity (Wildman–Crippen MR) is 115 cm³/mol. The van der Waals surface area contributed by atoms with E-state index in [1.54, 1.807) is 18.2 Å². The molecule has 1 aliphatic heterocycles. The maximum Gasteiger partial charge on any atom is 0.338 e. The number of aryl methyl sites for hydroxylation is 1. The Morgan fingerprint density at radius 2 is 1.88 bits per heavy atom. The third-order valence-corrected chi connectivity index (χ3v) is 7.16. The molecule has 32 heavy (non-hydrogen) atoms. The Balaban J connectivity index is 1.60. The lowest BCUT2D eigenvalue weighted by molar-refractivity contribution is 0.0458. The first-order valence-electron chi connectivity index (χ1n) is 10.4. The number of fused-ring (bicyclic) bond motifs is 1. The van der Waals surface area contributed by atoms with Crippen LogP contribution in [0.5, 0.6) is 0 Å². The Labute approximate surface area is 185 Å². The van der Waals surface area contributed by atoms with Crippen LogP contribution in [0.2, 0.25) is 0 Å². The van der Waals surface area contributed by atoms with Crippen molar-refractivity contribution >= 4 is 27.0 Å².